The monoisotopic (exact) mass is 689 g/mol. The van der Waals surface area contributed by atoms with Gasteiger partial charge in [-0.3, -0.25) is 24.6 Å². The molecule has 1 unspecified atom stereocenters. The number of nitrogens with one attached hydrogen (secondary N) is 3. The Hall–Kier alpha value is -5.37. The zero-order valence-electron chi connectivity index (χ0n) is 27.2. The number of amides is 3. The second kappa shape index (κ2) is 17.7. The summed E-state index contributed by atoms with van der Waals surface area (Å²) in [5.41, 5.74) is 8.64. The Kier molecular flexibility index (Phi) is 13.2. The third-order valence-corrected chi connectivity index (χ3v) is 8.60. The van der Waals surface area contributed by atoms with Crippen molar-refractivity contribution in [3.8, 4) is 5.75 Å². The highest BCUT2D eigenvalue weighted by atomic mass is 32.2. The van der Waals surface area contributed by atoms with Gasteiger partial charge in [0.05, 0.1) is 25.4 Å². The van der Waals surface area contributed by atoms with E-state index in [1.807, 2.05) is 30.3 Å². The molecular formula is C35H39N5O8S. The maximum Gasteiger partial charge on any atom is 0.328 e. The molecule has 49 heavy (non-hydrogen) atoms. The lowest BCUT2D eigenvalue weighted by Gasteiger charge is -2.30. The van der Waals surface area contributed by atoms with Gasteiger partial charge >= 0.3 is 11.9 Å². The molecule has 0 fully saturated rings. The van der Waals surface area contributed by atoms with Gasteiger partial charge in [0.15, 0.2) is 11.9 Å². The van der Waals surface area contributed by atoms with Gasteiger partial charge in [-0.2, -0.15) is 0 Å². The van der Waals surface area contributed by atoms with Crippen LogP contribution in [0.15, 0.2) is 72.8 Å². The standard InChI is InChI=1S/C35H39N5O8S/c1-3-46-30(42)17-15-26(35(45)47-4-2)39-34(44)31(49-21-23-8-6-5-7-9-23)33(43)38-25-14-16-27-28(18-25)48-20-29(41)40(27)19-22-10-12-24(13-11-22)32(36)37/h5-14,16,18,26,31H,3-4,15,17,19-21H2,1-2H3,(H3,36,37)(H,38,43)(H,39,44)/t26-,31?/m0/s1. The van der Waals surface area contributed by atoms with Crippen molar-refractivity contribution >= 4 is 58.6 Å². The number of carbonyl (C=O) groups is 5. The van der Waals surface area contributed by atoms with Crippen LogP contribution >= 0.6 is 11.8 Å². The van der Waals surface area contributed by atoms with E-state index in [1.54, 1.807) is 61.2 Å². The Labute approximate surface area is 288 Å². The lowest BCUT2D eigenvalue weighted by molar-refractivity contribution is -0.149. The van der Waals surface area contributed by atoms with Gasteiger partial charge < -0.3 is 35.5 Å². The van der Waals surface area contributed by atoms with E-state index in [2.05, 4.69) is 10.6 Å². The fourth-order valence-corrected chi connectivity index (χ4v) is 5.88. The number of nitrogen functional groups attached to an aromatic ring is 1. The highest BCUT2D eigenvalue weighted by molar-refractivity contribution is 8.00. The fraction of sp³-hybridized carbons (Fsp3) is 0.314. The molecule has 0 aromatic heterocycles. The van der Waals surface area contributed by atoms with Crippen molar-refractivity contribution in [2.24, 2.45) is 5.73 Å². The first-order chi connectivity index (χ1) is 23.6. The van der Waals surface area contributed by atoms with Crippen LogP contribution < -0.4 is 26.0 Å². The molecule has 1 heterocycles. The van der Waals surface area contributed by atoms with E-state index in [4.69, 9.17) is 25.4 Å². The van der Waals surface area contributed by atoms with Crippen molar-refractivity contribution in [1.82, 2.24) is 5.32 Å². The molecular weight excluding hydrogens is 650 g/mol. The summed E-state index contributed by atoms with van der Waals surface area (Å²) in [7, 11) is 0. The van der Waals surface area contributed by atoms with Gasteiger partial charge in [-0.1, -0.05) is 54.6 Å². The molecule has 0 aliphatic carbocycles. The van der Waals surface area contributed by atoms with Crippen LogP contribution in [0.2, 0.25) is 0 Å². The van der Waals surface area contributed by atoms with Crippen LogP contribution in [0.5, 0.6) is 5.75 Å². The molecule has 5 N–H and O–H groups in total. The molecule has 13 nitrogen and oxygen atoms in total. The lowest BCUT2D eigenvalue weighted by Crippen LogP contribution is -2.48. The summed E-state index contributed by atoms with van der Waals surface area (Å²) in [4.78, 5) is 66.4. The summed E-state index contributed by atoms with van der Waals surface area (Å²) in [6.07, 6.45) is -0.205. The van der Waals surface area contributed by atoms with E-state index in [0.717, 1.165) is 22.9 Å². The number of thioether (sulfide) groups is 1. The topological polar surface area (TPSA) is 190 Å². The first kappa shape index (κ1) is 36.5. The Bertz CT molecular complexity index is 1670. The van der Waals surface area contributed by atoms with Crippen molar-refractivity contribution in [3.05, 3.63) is 89.5 Å². The van der Waals surface area contributed by atoms with Gasteiger partial charge in [0.1, 0.15) is 17.6 Å². The Morgan fingerprint density at radius 2 is 1.67 bits per heavy atom. The number of hydrogen-bond acceptors (Lipinski definition) is 10. The van der Waals surface area contributed by atoms with Gasteiger partial charge in [-0.05, 0) is 43.5 Å². The summed E-state index contributed by atoms with van der Waals surface area (Å²) in [6.45, 7) is 3.55. The number of rotatable bonds is 16. The number of nitrogens with two attached hydrogens (primary N) is 1. The average molecular weight is 690 g/mol. The highest BCUT2D eigenvalue weighted by Crippen LogP contribution is 2.36. The van der Waals surface area contributed by atoms with Gasteiger partial charge in [-0.25, -0.2) is 4.79 Å². The molecule has 1 aliphatic heterocycles. The molecule has 3 amide bonds. The van der Waals surface area contributed by atoms with Crippen molar-refractivity contribution < 1.29 is 38.2 Å². The number of fused-ring (bicyclic) bond motifs is 1. The third kappa shape index (κ3) is 10.3. The zero-order chi connectivity index (χ0) is 35.3. The van der Waals surface area contributed by atoms with Crippen molar-refractivity contribution in [2.45, 2.75) is 50.3 Å². The van der Waals surface area contributed by atoms with Crippen LogP contribution in [0.25, 0.3) is 0 Å². The number of benzene rings is 3. The maximum atomic E-state index is 13.7. The first-order valence-corrected chi connectivity index (χ1v) is 16.7. The number of nitrogens with zero attached hydrogens (tertiary/aromatic N) is 1. The lowest BCUT2D eigenvalue weighted by atomic mass is 10.1. The minimum Gasteiger partial charge on any atom is -0.481 e. The van der Waals surface area contributed by atoms with E-state index in [-0.39, 0.29) is 50.9 Å². The van der Waals surface area contributed by atoms with Crippen LogP contribution in [0, 0.1) is 5.41 Å². The summed E-state index contributed by atoms with van der Waals surface area (Å²) < 4.78 is 15.8. The van der Waals surface area contributed by atoms with Gasteiger partial charge in [0.25, 0.3) is 5.91 Å². The van der Waals surface area contributed by atoms with Crippen LogP contribution in [0.1, 0.15) is 43.4 Å². The summed E-state index contributed by atoms with van der Waals surface area (Å²) in [5, 5.41) is 11.7. The third-order valence-electron chi connectivity index (χ3n) is 7.34. The number of ether oxygens (including phenoxy) is 3. The van der Waals surface area contributed by atoms with E-state index >= 15 is 0 Å². The zero-order valence-corrected chi connectivity index (χ0v) is 28.0. The quantitative estimate of drug-likeness (QED) is 0.0749. The van der Waals surface area contributed by atoms with Crippen molar-refractivity contribution in [1.29, 1.82) is 5.41 Å². The van der Waals surface area contributed by atoms with Crippen molar-refractivity contribution in [2.75, 3.05) is 30.0 Å². The average Bonchev–Trinajstić information content (AvgIpc) is 3.09. The number of carbonyl (C=O) groups excluding carboxylic acids is 5. The van der Waals surface area contributed by atoms with Crippen molar-refractivity contribution in [3.63, 3.8) is 0 Å². The van der Waals surface area contributed by atoms with E-state index in [9.17, 15) is 24.0 Å². The number of esters is 2. The number of anilines is 2. The molecule has 3 aromatic carbocycles. The molecule has 0 saturated heterocycles. The van der Waals surface area contributed by atoms with Crippen LogP contribution in [-0.4, -0.2) is 66.6 Å². The molecule has 0 radical (unpaired) electrons. The molecule has 2 atom stereocenters. The van der Waals surface area contributed by atoms with E-state index in [0.29, 0.717) is 28.4 Å². The highest BCUT2D eigenvalue weighted by Gasteiger charge is 2.33. The maximum absolute atomic E-state index is 13.7. The van der Waals surface area contributed by atoms with Crippen LogP contribution in [0.4, 0.5) is 11.4 Å². The molecule has 0 spiro atoms. The Balaban J connectivity index is 1.52. The SMILES string of the molecule is CCOC(=O)CC[C@H](NC(=O)C(SCc1ccccc1)C(=O)Nc1ccc2c(c1)OCC(=O)N2Cc1ccc(C(=N)N)cc1)C(=O)OCC. The predicted molar refractivity (Wildman–Crippen MR) is 185 cm³/mol. The first-order valence-electron chi connectivity index (χ1n) is 15.7. The second-order valence-corrected chi connectivity index (χ2v) is 12.0. The van der Waals surface area contributed by atoms with Gasteiger partial charge in [-0.15, -0.1) is 11.8 Å². The summed E-state index contributed by atoms with van der Waals surface area (Å²) in [5.74, 6) is -2.28. The predicted octanol–water partition coefficient (Wildman–Crippen LogP) is 3.53. The Morgan fingerprint density at radius 3 is 2.35 bits per heavy atom. The minimum absolute atomic E-state index is 0.0556. The van der Waals surface area contributed by atoms with Gasteiger partial charge in [0.2, 0.25) is 11.8 Å². The summed E-state index contributed by atoms with van der Waals surface area (Å²) >= 11 is 1.07. The molecule has 0 saturated carbocycles. The smallest absolute Gasteiger partial charge is 0.328 e. The minimum atomic E-state index is -1.30. The molecule has 0 bridgehead atoms. The van der Waals surface area contributed by atoms with E-state index in [1.165, 1.54) is 0 Å². The molecule has 258 valence electrons. The van der Waals surface area contributed by atoms with E-state index < -0.39 is 35.0 Å². The Morgan fingerprint density at radius 1 is 0.959 bits per heavy atom. The van der Waals surface area contributed by atoms with Crippen LogP contribution in [0.3, 0.4) is 0 Å². The normalized spacial score (nSPS) is 13.3. The molecule has 1 aliphatic rings. The molecule has 4 rings (SSSR count). The second-order valence-electron chi connectivity index (χ2n) is 10.9. The number of amidine groups is 1. The summed E-state index contributed by atoms with van der Waals surface area (Å²) in [6, 6.07) is 19.9. The van der Waals surface area contributed by atoms with Gasteiger partial charge in [0, 0.05) is 29.5 Å². The fourth-order valence-electron chi connectivity index (χ4n) is 4.89. The number of hydrogen-bond donors (Lipinski definition) is 4. The molecule has 14 heteroatoms. The van der Waals surface area contributed by atoms with Crippen LogP contribution in [-0.2, 0) is 45.7 Å². The molecule has 3 aromatic rings. The largest absolute Gasteiger partial charge is 0.481 e.